The van der Waals surface area contributed by atoms with Gasteiger partial charge < -0.3 is 5.32 Å². The van der Waals surface area contributed by atoms with Gasteiger partial charge in [0.1, 0.15) is 6.33 Å². The van der Waals surface area contributed by atoms with Crippen LogP contribution in [-0.2, 0) is 7.05 Å². The third-order valence-corrected chi connectivity index (χ3v) is 2.67. The quantitative estimate of drug-likeness (QED) is 0.860. The normalized spacial score (nSPS) is 10.2. The smallest absolute Gasteiger partial charge is 0.260 e. The summed E-state index contributed by atoms with van der Waals surface area (Å²) >= 11 is 0. The first-order valence-corrected chi connectivity index (χ1v) is 6.20. The van der Waals surface area contributed by atoms with E-state index >= 15 is 0 Å². The Bertz CT molecular complexity index is 564. The number of aromatic nitrogens is 3. The summed E-state index contributed by atoms with van der Waals surface area (Å²) in [7, 11) is 1.73. The number of anilines is 2. The van der Waals surface area contributed by atoms with Gasteiger partial charge in [-0.3, -0.25) is 10.1 Å². The Kier molecular flexibility index (Phi) is 4.12. The first-order valence-electron chi connectivity index (χ1n) is 6.20. The van der Waals surface area contributed by atoms with Crippen LogP contribution in [0.15, 0.2) is 30.6 Å². The molecule has 0 radical (unpaired) electrons. The van der Waals surface area contributed by atoms with Gasteiger partial charge in [0, 0.05) is 19.3 Å². The second-order valence-electron chi connectivity index (χ2n) is 4.13. The summed E-state index contributed by atoms with van der Waals surface area (Å²) < 4.78 is 1.51. The van der Waals surface area contributed by atoms with Crippen molar-refractivity contribution in [2.75, 3.05) is 17.2 Å². The predicted molar refractivity (Wildman–Crippen MR) is 74.2 cm³/mol. The first kappa shape index (κ1) is 13.1. The van der Waals surface area contributed by atoms with Gasteiger partial charge in [-0.05, 0) is 18.6 Å². The van der Waals surface area contributed by atoms with Gasteiger partial charge in [-0.1, -0.05) is 19.1 Å². The van der Waals surface area contributed by atoms with Crippen molar-refractivity contribution in [1.82, 2.24) is 14.8 Å². The number of para-hydroxylation sites is 1. The highest BCUT2D eigenvalue weighted by atomic mass is 16.1. The van der Waals surface area contributed by atoms with E-state index in [-0.39, 0.29) is 5.91 Å². The number of carbonyl (C=O) groups excluding carboxylic acids is 1. The molecule has 100 valence electrons. The maximum atomic E-state index is 12.2. The Morgan fingerprint density at radius 3 is 2.84 bits per heavy atom. The zero-order chi connectivity index (χ0) is 13.7. The number of benzene rings is 1. The van der Waals surface area contributed by atoms with Gasteiger partial charge in [-0.25, -0.2) is 4.68 Å². The van der Waals surface area contributed by atoms with E-state index < -0.39 is 0 Å². The minimum Gasteiger partial charge on any atom is -0.384 e. The molecule has 0 aliphatic rings. The Morgan fingerprint density at radius 1 is 1.37 bits per heavy atom. The SMILES string of the molecule is CCCNc1ccccc1C(=O)Nc1ncnn1C. The highest BCUT2D eigenvalue weighted by Gasteiger charge is 2.12. The molecule has 1 aromatic carbocycles. The zero-order valence-electron chi connectivity index (χ0n) is 11.1. The Labute approximate surface area is 111 Å². The maximum absolute atomic E-state index is 12.2. The maximum Gasteiger partial charge on any atom is 0.260 e. The van der Waals surface area contributed by atoms with Crippen molar-refractivity contribution < 1.29 is 4.79 Å². The molecule has 0 spiro atoms. The van der Waals surface area contributed by atoms with Crippen molar-refractivity contribution in [3.05, 3.63) is 36.2 Å². The van der Waals surface area contributed by atoms with Crippen molar-refractivity contribution in [3.63, 3.8) is 0 Å². The summed E-state index contributed by atoms with van der Waals surface area (Å²) in [5.74, 6) is 0.227. The Morgan fingerprint density at radius 2 is 2.16 bits per heavy atom. The number of carbonyl (C=O) groups is 1. The molecule has 1 aromatic heterocycles. The lowest BCUT2D eigenvalue weighted by atomic mass is 10.1. The Hall–Kier alpha value is -2.37. The number of nitrogens with zero attached hydrogens (tertiary/aromatic N) is 3. The van der Waals surface area contributed by atoms with E-state index in [1.807, 2.05) is 18.2 Å². The molecule has 0 unspecified atom stereocenters. The van der Waals surface area contributed by atoms with Crippen molar-refractivity contribution in [1.29, 1.82) is 0 Å². The largest absolute Gasteiger partial charge is 0.384 e. The third kappa shape index (κ3) is 3.09. The van der Waals surface area contributed by atoms with E-state index in [2.05, 4.69) is 27.6 Å². The number of hydrogen-bond donors (Lipinski definition) is 2. The summed E-state index contributed by atoms with van der Waals surface area (Å²) in [6.07, 6.45) is 2.40. The van der Waals surface area contributed by atoms with E-state index in [9.17, 15) is 4.79 Å². The van der Waals surface area contributed by atoms with Gasteiger partial charge in [0.05, 0.1) is 5.56 Å². The summed E-state index contributed by atoms with van der Waals surface area (Å²) in [4.78, 5) is 16.2. The lowest BCUT2D eigenvalue weighted by Gasteiger charge is -2.11. The molecule has 2 rings (SSSR count). The average molecular weight is 259 g/mol. The third-order valence-electron chi connectivity index (χ3n) is 2.67. The molecule has 0 saturated carbocycles. The lowest BCUT2D eigenvalue weighted by molar-refractivity contribution is 0.102. The van der Waals surface area contributed by atoms with Gasteiger partial charge in [-0.15, -0.1) is 0 Å². The molecule has 0 saturated heterocycles. The van der Waals surface area contributed by atoms with Crippen molar-refractivity contribution in [2.45, 2.75) is 13.3 Å². The van der Waals surface area contributed by atoms with E-state index in [0.717, 1.165) is 18.7 Å². The fourth-order valence-corrected chi connectivity index (χ4v) is 1.67. The van der Waals surface area contributed by atoms with Crippen LogP contribution in [0.25, 0.3) is 0 Å². The molecule has 19 heavy (non-hydrogen) atoms. The van der Waals surface area contributed by atoms with Crippen LogP contribution in [0.1, 0.15) is 23.7 Å². The fourth-order valence-electron chi connectivity index (χ4n) is 1.67. The van der Waals surface area contributed by atoms with Gasteiger partial charge in [0.2, 0.25) is 5.95 Å². The van der Waals surface area contributed by atoms with Crippen LogP contribution >= 0.6 is 0 Å². The van der Waals surface area contributed by atoms with Crippen LogP contribution in [0, 0.1) is 0 Å². The van der Waals surface area contributed by atoms with E-state index in [1.54, 1.807) is 13.1 Å². The van der Waals surface area contributed by atoms with Crippen LogP contribution < -0.4 is 10.6 Å². The van der Waals surface area contributed by atoms with Crippen molar-refractivity contribution >= 4 is 17.5 Å². The van der Waals surface area contributed by atoms with Crippen LogP contribution in [0.5, 0.6) is 0 Å². The molecule has 1 heterocycles. The number of rotatable bonds is 5. The topological polar surface area (TPSA) is 71.8 Å². The predicted octanol–water partition coefficient (Wildman–Crippen LogP) is 1.89. The van der Waals surface area contributed by atoms with Crippen LogP contribution in [0.3, 0.4) is 0 Å². The highest BCUT2D eigenvalue weighted by molar-refractivity contribution is 6.07. The van der Waals surface area contributed by atoms with Crippen molar-refractivity contribution in [2.24, 2.45) is 7.05 Å². The molecular formula is C13H17N5O. The summed E-state index contributed by atoms with van der Waals surface area (Å²) in [5, 5.41) is 9.88. The minimum absolute atomic E-state index is 0.199. The first-order chi connectivity index (χ1) is 9.22. The number of amides is 1. The van der Waals surface area contributed by atoms with E-state index in [4.69, 9.17) is 0 Å². The molecule has 0 bridgehead atoms. The molecule has 0 fully saturated rings. The second-order valence-corrected chi connectivity index (χ2v) is 4.13. The summed E-state index contributed by atoms with van der Waals surface area (Å²) in [5.41, 5.74) is 1.42. The number of aryl methyl sites for hydroxylation is 1. The van der Waals surface area contributed by atoms with Gasteiger partial charge >= 0.3 is 0 Å². The molecule has 1 amide bonds. The van der Waals surface area contributed by atoms with Gasteiger partial charge in [0.25, 0.3) is 5.91 Å². The minimum atomic E-state index is -0.199. The highest BCUT2D eigenvalue weighted by Crippen LogP contribution is 2.16. The molecular weight excluding hydrogens is 242 g/mol. The zero-order valence-corrected chi connectivity index (χ0v) is 11.1. The van der Waals surface area contributed by atoms with Crippen LogP contribution in [0.2, 0.25) is 0 Å². The van der Waals surface area contributed by atoms with Gasteiger partial charge in [0.15, 0.2) is 0 Å². The standard InChI is InChI=1S/C13H17N5O/c1-3-8-14-11-7-5-4-6-10(11)12(19)17-13-15-9-16-18(13)2/h4-7,9,14H,3,8H2,1-2H3,(H,15,16,17,19). The summed E-state index contributed by atoms with van der Waals surface area (Å²) in [6.45, 7) is 2.91. The van der Waals surface area contributed by atoms with E-state index in [0.29, 0.717) is 11.5 Å². The van der Waals surface area contributed by atoms with Crippen molar-refractivity contribution in [3.8, 4) is 0 Å². The molecule has 0 aliphatic heterocycles. The molecule has 2 aromatic rings. The average Bonchev–Trinajstić information content (AvgIpc) is 2.82. The second kappa shape index (κ2) is 5.99. The molecule has 2 N–H and O–H groups in total. The number of hydrogen-bond acceptors (Lipinski definition) is 4. The van der Waals surface area contributed by atoms with Gasteiger partial charge in [-0.2, -0.15) is 10.1 Å². The van der Waals surface area contributed by atoms with Crippen LogP contribution in [0.4, 0.5) is 11.6 Å². The number of nitrogens with one attached hydrogen (secondary N) is 2. The summed E-state index contributed by atoms with van der Waals surface area (Å²) in [6, 6.07) is 7.41. The monoisotopic (exact) mass is 259 g/mol. The lowest BCUT2D eigenvalue weighted by Crippen LogP contribution is -2.17. The van der Waals surface area contributed by atoms with Crippen LogP contribution in [-0.4, -0.2) is 27.2 Å². The molecule has 0 aliphatic carbocycles. The Balaban J connectivity index is 2.17. The van der Waals surface area contributed by atoms with E-state index in [1.165, 1.54) is 11.0 Å². The fraction of sp³-hybridized carbons (Fsp3) is 0.308. The molecule has 0 atom stereocenters. The molecule has 6 nitrogen and oxygen atoms in total. The molecule has 6 heteroatoms.